The molecule has 1 aromatic heterocycles. The van der Waals surface area contributed by atoms with Crippen LogP contribution in [0.25, 0.3) is 16.6 Å². The van der Waals surface area contributed by atoms with Crippen molar-refractivity contribution in [1.82, 2.24) is 9.55 Å². The Labute approximate surface area is 141 Å². The monoisotopic (exact) mass is 317 g/mol. The van der Waals surface area contributed by atoms with E-state index in [0.29, 0.717) is 22.9 Å². The van der Waals surface area contributed by atoms with Crippen LogP contribution in [0.1, 0.15) is 25.2 Å². The predicted molar refractivity (Wildman–Crippen MR) is 97.2 cm³/mol. The molecule has 0 fully saturated rings. The Morgan fingerprint density at radius 2 is 1.92 bits per heavy atom. The van der Waals surface area contributed by atoms with Crippen LogP contribution in [0.2, 0.25) is 0 Å². The maximum absolute atomic E-state index is 13.2. The molecule has 24 heavy (non-hydrogen) atoms. The second-order valence-corrected chi connectivity index (χ2v) is 5.62. The minimum atomic E-state index is -0.250. The Hall–Kier alpha value is -2.90. The third kappa shape index (κ3) is 2.94. The largest absolute Gasteiger partial charge is 0.318 e. The minimum absolute atomic E-state index is 0.0994. The van der Waals surface area contributed by atoms with E-state index in [1.54, 1.807) is 4.57 Å². The molecule has 0 saturated heterocycles. The molecule has 3 rings (SSSR count). The molecule has 120 valence electrons. The molecule has 0 bridgehead atoms. The van der Waals surface area contributed by atoms with Gasteiger partial charge in [0, 0.05) is 12.0 Å². The molecule has 0 spiro atoms. The summed E-state index contributed by atoms with van der Waals surface area (Å²) in [6, 6.07) is 14.9. The summed E-state index contributed by atoms with van der Waals surface area (Å²) in [4.78, 5) is 17.9. The van der Waals surface area contributed by atoms with E-state index in [4.69, 9.17) is 5.73 Å². The Morgan fingerprint density at radius 1 is 1.17 bits per heavy atom. The fourth-order valence-electron chi connectivity index (χ4n) is 2.65. The second-order valence-electron chi connectivity index (χ2n) is 5.62. The maximum atomic E-state index is 13.2. The summed E-state index contributed by atoms with van der Waals surface area (Å²) in [6.07, 6.45) is 0.663. The fraction of sp³-hybridized carbons (Fsp3) is 0.200. The highest BCUT2D eigenvalue weighted by molar-refractivity contribution is 5.84. The number of benzene rings is 2. The highest BCUT2D eigenvalue weighted by Gasteiger charge is 2.13. The van der Waals surface area contributed by atoms with Gasteiger partial charge < -0.3 is 5.73 Å². The van der Waals surface area contributed by atoms with Gasteiger partial charge in [-0.15, -0.1) is 0 Å². The number of nitrogens with zero attached hydrogens (tertiary/aromatic N) is 2. The molecule has 3 aromatic rings. The predicted octanol–water partition coefficient (Wildman–Crippen LogP) is 2.65. The molecule has 2 aromatic carbocycles. The fourth-order valence-corrected chi connectivity index (χ4v) is 2.65. The number of para-hydroxylation sites is 1. The lowest BCUT2D eigenvalue weighted by Crippen LogP contribution is -2.24. The highest BCUT2D eigenvalue weighted by Crippen LogP contribution is 2.16. The van der Waals surface area contributed by atoms with Crippen molar-refractivity contribution in [2.45, 2.75) is 26.3 Å². The zero-order valence-electron chi connectivity index (χ0n) is 13.8. The first-order valence-electron chi connectivity index (χ1n) is 7.99. The van der Waals surface area contributed by atoms with Crippen LogP contribution in [-0.4, -0.2) is 15.6 Å². The van der Waals surface area contributed by atoms with Gasteiger partial charge in [0.05, 0.1) is 22.6 Å². The Balaban J connectivity index is 2.38. The molecule has 4 nitrogen and oxygen atoms in total. The van der Waals surface area contributed by atoms with Crippen LogP contribution < -0.4 is 11.3 Å². The van der Waals surface area contributed by atoms with Crippen molar-refractivity contribution in [3.05, 3.63) is 70.3 Å². The zero-order valence-corrected chi connectivity index (χ0v) is 13.8. The lowest BCUT2D eigenvalue weighted by molar-refractivity contribution is 0.833. The molecule has 1 heterocycles. The van der Waals surface area contributed by atoms with Gasteiger partial charge in [0.1, 0.15) is 5.82 Å². The van der Waals surface area contributed by atoms with E-state index < -0.39 is 0 Å². The summed E-state index contributed by atoms with van der Waals surface area (Å²) in [7, 11) is 0. The van der Waals surface area contributed by atoms with E-state index in [9.17, 15) is 4.79 Å². The summed E-state index contributed by atoms with van der Waals surface area (Å²) in [6.45, 7) is 3.81. The molecular formula is C20H19N3O. The lowest BCUT2D eigenvalue weighted by atomic mass is 10.1. The number of aromatic nitrogens is 2. The van der Waals surface area contributed by atoms with Crippen LogP contribution >= 0.6 is 0 Å². The molecular weight excluding hydrogens is 298 g/mol. The van der Waals surface area contributed by atoms with Gasteiger partial charge in [-0.3, -0.25) is 9.36 Å². The van der Waals surface area contributed by atoms with Crippen LogP contribution in [0.5, 0.6) is 0 Å². The van der Waals surface area contributed by atoms with Crippen molar-refractivity contribution in [3.63, 3.8) is 0 Å². The van der Waals surface area contributed by atoms with Gasteiger partial charge in [-0.25, -0.2) is 4.98 Å². The summed E-state index contributed by atoms with van der Waals surface area (Å²) in [5, 5.41) is 0.534. The minimum Gasteiger partial charge on any atom is -0.318 e. The van der Waals surface area contributed by atoms with Crippen molar-refractivity contribution >= 4 is 10.9 Å². The maximum Gasteiger partial charge on any atom is 0.267 e. The van der Waals surface area contributed by atoms with Gasteiger partial charge in [-0.1, -0.05) is 43.0 Å². The molecule has 0 aliphatic heterocycles. The van der Waals surface area contributed by atoms with Crippen LogP contribution in [0, 0.1) is 11.8 Å². The van der Waals surface area contributed by atoms with E-state index in [1.165, 1.54) is 0 Å². The number of hydrogen-bond acceptors (Lipinski definition) is 3. The first kappa shape index (κ1) is 16.0. The first-order chi connectivity index (χ1) is 11.6. The molecule has 1 atom stereocenters. The summed E-state index contributed by atoms with van der Waals surface area (Å²) < 4.78 is 1.67. The standard InChI is InChI=1S/C20H19N3O/c1-3-18-22-17-11-7-8-15(13-12-14(2)21)19(17)20(24)23(18)16-9-5-4-6-10-16/h4-11,14H,3,21H2,1-2H3. The lowest BCUT2D eigenvalue weighted by Gasteiger charge is -2.13. The quantitative estimate of drug-likeness (QED) is 0.739. The normalized spacial score (nSPS) is 11.8. The van der Waals surface area contributed by atoms with Crippen LogP contribution in [-0.2, 0) is 6.42 Å². The molecule has 0 amide bonds. The summed E-state index contributed by atoms with van der Waals surface area (Å²) >= 11 is 0. The van der Waals surface area contributed by atoms with E-state index in [0.717, 1.165) is 11.5 Å². The molecule has 4 heteroatoms. The van der Waals surface area contributed by atoms with Crippen molar-refractivity contribution in [2.24, 2.45) is 5.73 Å². The van der Waals surface area contributed by atoms with Gasteiger partial charge in [-0.2, -0.15) is 0 Å². The van der Waals surface area contributed by atoms with Gasteiger partial charge in [0.15, 0.2) is 0 Å². The first-order valence-corrected chi connectivity index (χ1v) is 7.99. The van der Waals surface area contributed by atoms with Gasteiger partial charge >= 0.3 is 0 Å². The average Bonchev–Trinajstić information content (AvgIpc) is 2.60. The van der Waals surface area contributed by atoms with Crippen molar-refractivity contribution in [1.29, 1.82) is 0 Å². The molecule has 1 unspecified atom stereocenters. The molecule has 2 N–H and O–H groups in total. The van der Waals surface area contributed by atoms with Gasteiger partial charge in [-0.05, 0) is 31.2 Å². The number of rotatable bonds is 2. The van der Waals surface area contributed by atoms with Gasteiger partial charge in [0.25, 0.3) is 5.56 Å². The Bertz CT molecular complexity index is 992. The average molecular weight is 317 g/mol. The summed E-state index contributed by atoms with van der Waals surface area (Å²) in [5.74, 6) is 6.67. The number of fused-ring (bicyclic) bond motifs is 1. The molecule has 0 radical (unpaired) electrons. The molecule has 0 aliphatic carbocycles. The van der Waals surface area contributed by atoms with Crippen molar-refractivity contribution in [2.75, 3.05) is 0 Å². The van der Waals surface area contributed by atoms with E-state index >= 15 is 0 Å². The molecule has 0 aliphatic rings. The third-order valence-corrected chi connectivity index (χ3v) is 3.73. The SMILES string of the molecule is CCc1nc2cccc(C#CC(C)N)c2c(=O)n1-c1ccccc1. The zero-order chi connectivity index (χ0) is 17.1. The van der Waals surface area contributed by atoms with Crippen molar-refractivity contribution in [3.8, 4) is 17.5 Å². The Kier molecular flexibility index (Phi) is 4.45. The van der Waals surface area contributed by atoms with Crippen molar-refractivity contribution < 1.29 is 0 Å². The van der Waals surface area contributed by atoms with E-state index in [2.05, 4.69) is 16.8 Å². The van der Waals surface area contributed by atoms with Gasteiger partial charge in [0.2, 0.25) is 0 Å². The van der Waals surface area contributed by atoms with E-state index in [-0.39, 0.29) is 11.6 Å². The highest BCUT2D eigenvalue weighted by atomic mass is 16.1. The van der Waals surface area contributed by atoms with E-state index in [1.807, 2.05) is 62.4 Å². The molecule has 0 saturated carbocycles. The topological polar surface area (TPSA) is 60.9 Å². The van der Waals surface area contributed by atoms with Crippen LogP contribution in [0.3, 0.4) is 0 Å². The number of aryl methyl sites for hydroxylation is 1. The van der Waals surface area contributed by atoms with Crippen LogP contribution in [0.15, 0.2) is 53.3 Å². The van der Waals surface area contributed by atoms with Crippen LogP contribution in [0.4, 0.5) is 0 Å². The smallest absolute Gasteiger partial charge is 0.267 e. The number of nitrogens with two attached hydrogens (primary N) is 1. The summed E-state index contributed by atoms with van der Waals surface area (Å²) in [5.41, 5.74) is 7.75. The Morgan fingerprint density at radius 3 is 2.58 bits per heavy atom. The number of hydrogen-bond donors (Lipinski definition) is 1. The third-order valence-electron chi connectivity index (χ3n) is 3.73. The second kappa shape index (κ2) is 6.69.